The third-order valence-corrected chi connectivity index (χ3v) is 7.97. The minimum Gasteiger partial charge on any atom is -0.477 e. The van der Waals surface area contributed by atoms with Gasteiger partial charge in [-0.1, -0.05) is 6.92 Å². The maximum Gasteiger partial charge on any atom is 0.353 e. The maximum atomic E-state index is 12.4. The molecule has 1 aromatic rings. The number of rotatable bonds is 7. The van der Waals surface area contributed by atoms with Gasteiger partial charge in [0.05, 0.1) is 30.8 Å². The molecule has 0 aliphatic carbocycles. The highest BCUT2D eigenvalue weighted by Crippen LogP contribution is 2.51. The Kier molecular flexibility index (Phi) is 5.48. The lowest BCUT2D eigenvalue weighted by molar-refractivity contribution is -0.753. The van der Waals surface area contributed by atoms with Crippen molar-refractivity contribution in [1.82, 2.24) is 14.9 Å². The van der Waals surface area contributed by atoms with Crippen LogP contribution in [0.4, 0.5) is 0 Å². The number of β-lactam (4-membered cyclic amide) rings is 1. The molecule has 1 aromatic heterocycles. The van der Waals surface area contributed by atoms with E-state index in [4.69, 9.17) is 0 Å². The number of aromatic nitrogens is 2. The van der Waals surface area contributed by atoms with Crippen molar-refractivity contribution in [1.29, 1.82) is 0 Å². The molecular weight excluding hydrogens is 392 g/mol. The molecule has 4 rings (SSSR count). The molecular formula is C20H29N4O4S+. The third-order valence-electron chi connectivity index (χ3n) is 6.46. The zero-order chi connectivity index (χ0) is 20.9. The molecule has 0 saturated carbocycles. The van der Waals surface area contributed by atoms with Crippen LogP contribution in [0.2, 0.25) is 0 Å². The number of fused-ring (bicyclic) bond motifs is 1. The molecule has 3 aliphatic heterocycles. The molecule has 9 heteroatoms. The normalized spacial score (nSPS) is 32.5. The molecule has 8 nitrogen and oxygen atoms in total. The molecule has 0 unspecified atom stereocenters. The molecule has 2 saturated heterocycles. The van der Waals surface area contributed by atoms with Gasteiger partial charge in [-0.2, -0.15) is 4.68 Å². The summed E-state index contributed by atoms with van der Waals surface area (Å²) in [6.07, 6.45) is 5.30. The van der Waals surface area contributed by atoms with Crippen molar-refractivity contribution < 1.29 is 24.5 Å². The van der Waals surface area contributed by atoms with Gasteiger partial charge in [0.1, 0.15) is 5.70 Å². The van der Waals surface area contributed by atoms with Gasteiger partial charge in [0.15, 0.2) is 13.2 Å². The van der Waals surface area contributed by atoms with Crippen molar-refractivity contribution in [3.8, 4) is 0 Å². The van der Waals surface area contributed by atoms with Crippen molar-refractivity contribution in [2.45, 2.75) is 56.7 Å². The highest BCUT2D eigenvalue weighted by molar-refractivity contribution is 8.03. The van der Waals surface area contributed by atoms with Crippen LogP contribution >= 0.6 is 11.8 Å². The minimum atomic E-state index is -1.05. The second-order valence-corrected chi connectivity index (χ2v) is 9.71. The van der Waals surface area contributed by atoms with Crippen molar-refractivity contribution in [2.24, 2.45) is 18.9 Å². The van der Waals surface area contributed by atoms with Crippen LogP contribution in [0.1, 0.15) is 26.7 Å². The standard InChI is InChI=1S/C20H28N4O4S/c1-11-16-15(12(2)25)19(26)24(16)17(20(27)28)18(11)29-14-9-13(21-10-14)5-8-23-7-4-6-22(23)3/h4,6-7,11-16,21,25H,5,8-10H2,1-3H3/p+1/t11-,12-,13-,14+,15-,16-/m1/s1. The molecule has 2 fully saturated rings. The van der Waals surface area contributed by atoms with Crippen LogP contribution in [0.5, 0.6) is 0 Å². The Morgan fingerprint density at radius 1 is 1.48 bits per heavy atom. The molecule has 3 aliphatic rings. The van der Waals surface area contributed by atoms with E-state index in [1.807, 2.05) is 26.2 Å². The fourth-order valence-corrected chi connectivity index (χ4v) is 6.44. The first-order valence-electron chi connectivity index (χ1n) is 10.2. The highest BCUT2D eigenvalue weighted by Gasteiger charge is 2.60. The first kappa shape index (κ1) is 20.4. The number of carbonyl (C=O) groups excluding carboxylic acids is 1. The summed E-state index contributed by atoms with van der Waals surface area (Å²) in [6.45, 7) is 5.34. The number of aliphatic carboxylic acids is 1. The van der Waals surface area contributed by atoms with E-state index in [0.29, 0.717) is 6.04 Å². The summed E-state index contributed by atoms with van der Waals surface area (Å²) in [7, 11) is 2.02. The molecule has 3 N–H and O–H groups in total. The van der Waals surface area contributed by atoms with E-state index in [1.165, 1.54) is 4.90 Å². The Bertz CT molecular complexity index is 851. The van der Waals surface area contributed by atoms with Gasteiger partial charge < -0.3 is 20.4 Å². The summed E-state index contributed by atoms with van der Waals surface area (Å²) >= 11 is 1.60. The summed E-state index contributed by atoms with van der Waals surface area (Å²) in [5, 5.41) is 23.6. The SMILES string of the molecule is C[C@@H](O)[C@H]1C(=O)N2C(C(=O)O)=C(S[C@@H]3CN[C@H](CCn4ccc[n+]4C)C3)[C@H](C)[C@H]12. The fourth-order valence-electron chi connectivity index (χ4n) is 4.92. The lowest BCUT2D eigenvalue weighted by Crippen LogP contribution is -2.63. The molecule has 0 bridgehead atoms. The van der Waals surface area contributed by atoms with Crippen molar-refractivity contribution >= 4 is 23.6 Å². The molecule has 158 valence electrons. The third kappa shape index (κ3) is 3.49. The Morgan fingerprint density at radius 3 is 2.86 bits per heavy atom. The van der Waals surface area contributed by atoms with Crippen LogP contribution in [-0.4, -0.2) is 61.7 Å². The predicted molar refractivity (Wildman–Crippen MR) is 108 cm³/mol. The quantitative estimate of drug-likeness (QED) is 0.433. The van der Waals surface area contributed by atoms with Crippen LogP contribution in [-0.2, 0) is 23.2 Å². The van der Waals surface area contributed by atoms with E-state index in [-0.39, 0.29) is 28.8 Å². The first-order valence-corrected chi connectivity index (χ1v) is 11.1. The first-order chi connectivity index (χ1) is 13.8. The van der Waals surface area contributed by atoms with E-state index in [0.717, 1.165) is 30.8 Å². The van der Waals surface area contributed by atoms with Gasteiger partial charge >= 0.3 is 5.97 Å². The van der Waals surface area contributed by atoms with Gasteiger partial charge in [0, 0.05) is 34.7 Å². The number of thioether (sulfide) groups is 1. The Morgan fingerprint density at radius 2 is 2.24 bits per heavy atom. The summed E-state index contributed by atoms with van der Waals surface area (Å²) in [4.78, 5) is 26.6. The average Bonchev–Trinajstić information content (AvgIpc) is 3.32. The summed E-state index contributed by atoms with van der Waals surface area (Å²) in [6, 6.07) is 2.17. The van der Waals surface area contributed by atoms with Gasteiger partial charge in [0.25, 0.3) is 0 Å². The molecule has 0 aromatic carbocycles. The molecule has 0 spiro atoms. The van der Waals surface area contributed by atoms with Crippen LogP contribution in [0, 0.1) is 11.8 Å². The van der Waals surface area contributed by atoms with Gasteiger partial charge in [-0.25, -0.2) is 4.79 Å². The largest absolute Gasteiger partial charge is 0.477 e. The number of carboxylic acid groups (broad SMARTS) is 1. The predicted octanol–water partition coefficient (Wildman–Crippen LogP) is 0.320. The van der Waals surface area contributed by atoms with Gasteiger partial charge in [-0.3, -0.25) is 4.79 Å². The summed E-state index contributed by atoms with van der Waals surface area (Å²) in [5.74, 6) is -1.90. The smallest absolute Gasteiger partial charge is 0.353 e. The van der Waals surface area contributed by atoms with E-state index in [2.05, 4.69) is 20.9 Å². The number of carbonyl (C=O) groups is 2. The average molecular weight is 422 g/mol. The Labute approximate surface area is 174 Å². The van der Waals surface area contributed by atoms with Crippen LogP contribution in [0.15, 0.2) is 29.1 Å². The fraction of sp³-hybridized carbons (Fsp3) is 0.650. The summed E-state index contributed by atoms with van der Waals surface area (Å²) < 4.78 is 4.23. The Hall–Kier alpha value is -1.84. The van der Waals surface area contributed by atoms with Crippen molar-refractivity contribution in [2.75, 3.05) is 6.54 Å². The lowest BCUT2D eigenvalue weighted by atomic mass is 9.79. The number of nitrogens with zero attached hydrogens (tertiary/aromatic N) is 3. The minimum absolute atomic E-state index is 0.0682. The van der Waals surface area contributed by atoms with Crippen LogP contribution in [0.25, 0.3) is 0 Å². The number of hydrogen-bond acceptors (Lipinski definition) is 5. The topological polar surface area (TPSA) is 98.7 Å². The molecule has 1 amide bonds. The molecule has 29 heavy (non-hydrogen) atoms. The second kappa shape index (κ2) is 7.77. The van der Waals surface area contributed by atoms with Crippen molar-refractivity contribution in [3.63, 3.8) is 0 Å². The van der Waals surface area contributed by atoms with Crippen molar-refractivity contribution in [3.05, 3.63) is 29.1 Å². The van der Waals surface area contributed by atoms with E-state index < -0.39 is 18.0 Å². The van der Waals surface area contributed by atoms with Gasteiger partial charge in [-0.15, -0.1) is 16.4 Å². The number of nitrogens with one attached hydrogen (secondary N) is 1. The molecule has 4 heterocycles. The zero-order valence-electron chi connectivity index (χ0n) is 17.0. The maximum absolute atomic E-state index is 12.4. The zero-order valence-corrected chi connectivity index (χ0v) is 17.8. The number of aliphatic hydroxyl groups excluding tert-OH is 1. The summed E-state index contributed by atoms with van der Waals surface area (Å²) in [5.41, 5.74) is 0.122. The Balaban J connectivity index is 1.41. The number of amides is 1. The second-order valence-electron chi connectivity index (χ2n) is 8.37. The van der Waals surface area contributed by atoms with Gasteiger partial charge in [-0.05, 0) is 19.8 Å². The molecule has 6 atom stereocenters. The lowest BCUT2D eigenvalue weighted by Gasteiger charge is -2.46. The highest BCUT2D eigenvalue weighted by atomic mass is 32.2. The number of hydrogen-bond donors (Lipinski definition) is 3. The van der Waals surface area contributed by atoms with E-state index >= 15 is 0 Å². The van der Waals surface area contributed by atoms with Crippen LogP contribution < -0.4 is 10.00 Å². The van der Waals surface area contributed by atoms with E-state index in [9.17, 15) is 19.8 Å². The van der Waals surface area contributed by atoms with E-state index in [1.54, 1.807) is 18.7 Å². The molecule has 0 radical (unpaired) electrons. The van der Waals surface area contributed by atoms with Crippen LogP contribution in [0.3, 0.4) is 0 Å². The van der Waals surface area contributed by atoms with Gasteiger partial charge in [0.2, 0.25) is 5.91 Å². The monoisotopic (exact) mass is 421 g/mol. The number of aliphatic hydroxyl groups is 1. The number of carboxylic acids is 1. The number of aryl methyl sites for hydroxylation is 2.